The molecule has 2 saturated carbocycles. The highest BCUT2D eigenvalue weighted by Gasteiger charge is 2.39. The molecule has 0 heterocycles. The molecule has 242 valence electrons. The van der Waals surface area contributed by atoms with Crippen LogP contribution in [0.1, 0.15) is 98.8 Å². The summed E-state index contributed by atoms with van der Waals surface area (Å²) in [4.78, 5) is 31.7. The number of likely N-dealkylation sites (N-methyl/N-ethyl adjacent to an activating group) is 1. The topological polar surface area (TPSA) is 139 Å². The molecule has 0 spiro atoms. The van der Waals surface area contributed by atoms with Crippen LogP contribution >= 0.6 is 0 Å². The zero-order chi connectivity index (χ0) is 31.4. The van der Waals surface area contributed by atoms with Crippen molar-refractivity contribution in [2.45, 2.75) is 122 Å². The predicted molar refractivity (Wildman–Crippen MR) is 165 cm³/mol. The Labute approximate surface area is 254 Å². The fraction of sp³-hybridized carbons (Fsp3) is 0.871. The van der Waals surface area contributed by atoms with E-state index in [9.17, 15) is 28.2 Å². The molecule has 2 aliphatic carbocycles. The largest absolute Gasteiger partial charge is 0.393 e. The Morgan fingerprint density at radius 2 is 1.60 bits per heavy atom. The van der Waals surface area contributed by atoms with Gasteiger partial charge in [0.25, 0.3) is 0 Å². The lowest BCUT2D eigenvalue weighted by Crippen LogP contribution is -2.54. The van der Waals surface area contributed by atoms with Gasteiger partial charge in [0.05, 0.1) is 23.5 Å². The van der Waals surface area contributed by atoms with E-state index >= 15 is 0 Å². The molecule has 5 atom stereocenters. The average molecular weight is 613 g/mol. The second kappa shape index (κ2) is 17.6. The number of carbonyl (C=O) groups is 2. The second-order valence-corrected chi connectivity index (χ2v) is 14.9. The highest BCUT2D eigenvalue weighted by atomic mass is 32.2. The number of aliphatic hydroxyl groups is 2. The zero-order valence-corrected chi connectivity index (χ0v) is 27.5. The molecule has 0 bridgehead atoms. The molecule has 0 aromatic rings. The third-order valence-corrected chi connectivity index (χ3v) is 10.4. The minimum absolute atomic E-state index is 0.00898. The molecule has 11 heteroatoms. The second-order valence-electron chi connectivity index (χ2n) is 12.7. The van der Waals surface area contributed by atoms with E-state index in [1.807, 2.05) is 4.90 Å². The van der Waals surface area contributed by atoms with Crippen molar-refractivity contribution in [3.05, 3.63) is 0 Å². The number of hydrogen-bond donors (Lipinski definition) is 4. The standard InChI is InChI=1S/C31H56N4O6S/c1-7-10-24-17-25(20-26(18-24)31(39)35(15-8-2)16-9-3)30(38)32-28(19-23-11-13-27(36)14-12-23)29(37)21-34(6)33-42(40,41)22(4)5/h22-29,33,36-37H,8-9,11-21H2,1-6H3,(H,32,38). The van der Waals surface area contributed by atoms with Crippen LogP contribution in [0.4, 0.5) is 0 Å². The van der Waals surface area contributed by atoms with E-state index in [0.29, 0.717) is 51.6 Å². The number of rotatable bonds is 15. The molecule has 0 aromatic carbocycles. The number of hydrogen-bond acceptors (Lipinski definition) is 7. The zero-order valence-electron chi connectivity index (χ0n) is 26.6. The van der Waals surface area contributed by atoms with E-state index < -0.39 is 33.3 Å². The SMILES string of the molecule is CC#CC1CC(C(=O)NC(CC2CCC(O)CC2)C(O)CN(C)NS(=O)(=O)C(C)C)CC(C(=O)N(CCC)CCC)C1. The van der Waals surface area contributed by atoms with Gasteiger partial charge in [-0.2, -0.15) is 0 Å². The highest BCUT2D eigenvalue weighted by Crippen LogP contribution is 2.35. The first-order valence-corrected chi connectivity index (χ1v) is 17.5. The lowest BCUT2D eigenvalue weighted by atomic mass is 9.74. The number of aliphatic hydroxyl groups excluding tert-OH is 2. The first kappa shape index (κ1) is 36.5. The van der Waals surface area contributed by atoms with Crippen molar-refractivity contribution < 1.29 is 28.2 Å². The molecule has 2 rings (SSSR count). The minimum atomic E-state index is -3.58. The maximum atomic E-state index is 13.8. The van der Waals surface area contributed by atoms with Crippen LogP contribution < -0.4 is 10.1 Å². The fourth-order valence-electron chi connectivity index (χ4n) is 6.31. The van der Waals surface area contributed by atoms with Crippen LogP contribution in [0.5, 0.6) is 0 Å². The molecular weight excluding hydrogens is 556 g/mol. The van der Waals surface area contributed by atoms with Crippen molar-refractivity contribution in [1.82, 2.24) is 20.1 Å². The Morgan fingerprint density at radius 1 is 1.00 bits per heavy atom. The molecule has 0 aliphatic heterocycles. The number of nitrogens with one attached hydrogen (secondary N) is 2. The average Bonchev–Trinajstić information content (AvgIpc) is 2.92. The number of carbonyl (C=O) groups excluding carboxylic acids is 2. The number of nitrogens with zero attached hydrogens (tertiary/aromatic N) is 2. The lowest BCUT2D eigenvalue weighted by Gasteiger charge is -2.37. The Kier molecular flexibility index (Phi) is 15.2. The number of hydrazine groups is 1. The maximum Gasteiger partial charge on any atom is 0.226 e. The van der Waals surface area contributed by atoms with Crippen LogP contribution in [-0.2, 0) is 19.6 Å². The molecule has 0 aromatic heterocycles. The molecule has 5 unspecified atom stereocenters. The first-order valence-electron chi connectivity index (χ1n) is 15.9. The molecule has 42 heavy (non-hydrogen) atoms. The fourth-order valence-corrected chi connectivity index (χ4v) is 7.03. The van der Waals surface area contributed by atoms with E-state index in [4.69, 9.17) is 0 Å². The van der Waals surface area contributed by atoms with Crippen LogP contribution in [0.3, 0.4) is 0 Å². The Hall–Kier alpha value is -1.71. The minimum Gasteiger partial charge on any atom is -0.393 e. The quantitative estimate of drug-likeness (QED) is 0.165. The number of sulfonamides is 1. The smallest absolute Gasteiger partial charge is 0.226 e. The summed E-state index contributed by atoms with van der Waals surface area (Å²) in [6.07, 6.45) is 5.55. The van der Waals surface area contributed by atoms with Crippen molar-refractivity contribution >= 4 is 21.8 Å². The Balaban J connectivity index is 2.21. The van der Waals surface area contributed by atoms with Crippen molar-refractivity contribution in [3.8, 4) is 11.8 Å². The van der Waals surface area contributed by atoms with E-state index in [2.05, 4.69) is 35.8 Å². The van der Waals surface area contributed by atoms with Crippen molar-refractivity contribution in [2.24, 2.45) is 23.7 Å². The molecule has 2 fully saturated rings. The molecule has 0 saturated heterocycles. The van der Waals surface area contributed by atoms with Crippen molar-refractivity contribution in [1.29, 1.82) is 0 Å². The Bertz CT molecular complexity index is 1010. The van der Waals surface area contributed by atoms with Gasteiger partial charge < -0.3 is 20.4 Å². The van der Waals surface area contributed by atoms with Crippen LogP contribution in [0.15, 0.2) is 0 Å². The van der Waals surface area contributed by atoms with Gasteiger partial charge in [-0.15, -0.1) is 16.7 Å². The van der Waals surface area contributed by atoms with E-state index in [1.54, 1.807) is 27.8 Å². The molecular formula is C31H56N4O6S. The van der Waals surface area contributed by atoms with Crippen LogP contribution in [0.2, 0.25) is 0 Å². The summed E-state index contributed by atoms with van der Waals surface area (Å²) in [5, 5.41) is 25.1. The molecule has 2 amide bonds. The van der Waals surface area contributed by atoms with Gasteiger partial charge in [-0.25, -0.2) is 13.4 Å². The first-order chi connectivity index (χ1) is 19.8. The van der Waals surface area contributed by atoms with Crippen LogP contribution in [0, 0.1) is 35.5 Å². The van der Waals surface area contributed by atoms with Gasteiger partial charge in [-0.3, -0.25) is 9.59 Å². The van der Waals surface area contributed by atoms with Gasteiger partial charge in [0.15, 0.2) is 0 Å². The lowest BCUT2D eigenvalue weighted by molar-refractivity contribution is -0.139. The summed E-state index contributed by atoms with van der Waals surface area (Å²) < 4.78 is 24.7. The van der Waals surface area contributed by atoms with Gasteiger partial charge in [-0.05, 0) is 90.9 Å². The van der Waals surface area contributed by atoms with Gasteiger partial charge in [0.1, 0.15) is 0 Å². The summed E-state index contributed by atoms with van der Waals surface area (Å²) >= 11 is 0. The highest BCUT2D eigenvalue weighted by molar-refractivity contribution is 7.90. The summed E-state index contributed by atoms with van der Waals surface area (Å²) in [7, 11) is -2.02. The molecule has 4 N–H and O–H groups in total. The van der Waals surface area contributed by atoms with Crippen molar-refractivity contribution in [3.63, 3.8) is 0 Å². The van der Waals surface area contributed by atoms with Gasteiger partial charge in [0.2, 0.25) is 21.8 Å². The normalized spacial score (nSPS) is 26.3. The third kappa shape index (κ3) is 11.4. The van der Waals surface area contributed by atoms with Gasteiger partial charge >= 0.3 is 0 Å². The van der Waals surface area contributed by atoms with E-state index in [-0.39, 0.29) is 42.2 Å². The van der Waals surface area contributed by atoms with Crippen LogP contribution in [0.25, 0.3) is 0 Å². The molecule has 0 radical (unpaired) electrons. The summed E-state index contributed by atoms with van der Waals surface area (Å²) in [5.41, 5.74) is 0. The third-order valence-electron chi connectivity index (χ3n) is 8.63. The maximum absolute atomic E-state index is 13.8. The van der Waals surface area contributed by atoms with E-state index in [1.165, 1.54) is 5.01 Å². The summed E-state index contributed by atoms with van der Waals surface area (Å²) in [6, 6.07) is -0.604. The predicted octanol–water partition coefficient (Wildman–Crippen LogP) is 2.65. The molecule has 2 aliphatic rings. The van der Waals surface area contributed by atoms with E-state index in [0.717, 1.165) is 25.7 Å². The summed E-state index contributed by atoms with van der Waals surface area (Å²) in [6.45, 7) is 10.4. The monoisotopic (exact) mass is 612 g/mol. The molecule has 10 nitrogen and oxygen atoms in total. The van der Waals surface area contributed by atoms with Crippen molar-refractivity contribution in [2.75, 3.05) is 26.7 Å². The number of amides is 2. The summed E-state index contributed by atoms with van der Waals surface area (Å²) in [5.74, 6) is 5.56. The van der Waals surface area contributed by atoms with Gasteiger partial charge in [-0.1, -0.05) is 13.8 Å². The Morgan fingerprint density at radius 3 is 2.14 bits per heavy atom. The van der Waals surface area contributed by atoms with Crippen LogP contribution in [-0.4, -0.2) is 90.5 Å². The van der Waals surface area contributed by atoms with Gasteiger partial charge in [0, 0.05) is 44.4 Å².